The van der Waals surface area contributed by atoms with Crippen molar-refractivity contribution in [2.24, 2.45) is 5.10 Å². The Morgan fingerprint density at radius 1 is 0.941 bits per heavy atom. The molecule has 0 saturated carbocycles. The molecule has 3 rings (SSSR count). The number of nitrogens with zero attached hydrogens (tertiary/aromatic N) is 3. The Morgan fingerprint density at radius 2 is 1.62 bits per heavy atom. The maximum atomic E-state index is 12.3. The van der Waals surface area contributed by atoms with Crippen LogP contribution < -0.4 is 15.6 Å². The van der Waals surface area contributed by atoms with Gasteiger partial charge in [0.1, 0.15) is 0 Å². The molecule has 0 fully saturated rings. The van der Waals surface area contributed by atoms with Crippen molar-refractivity contribution in [3.8, 4) is 0 Å². The molecule has 0 aliphatic rings. The Labute approximate surface area is 197 Å². The van der Waals surface area contributed by atoms with Crippen LogP contribution in [0.1, 0.15) is 40.1 Å². The van der Waals surface area contributed by atoms with Gasteiger partial charge in [-0.1, -0.05) is 18.2 Å². The zero-order valence-corrected chi connectivity index (χ0v) is 18.9. The van der Waals surface area contributed by atoms with Crippen molar-refractivity contribution in [1.29, 1.82) is 0 Å². The highest BCUT2D eigenvalue weighted by atomic mass is 16.6. The fourth-order valence-corrected chi connectivity index (χ4v) is 3.26. The van der Waals surface area contributed by atoms with Gasteiger partial charge in [-0.2, -0.15) is 5.10 Å². The monoisotopic (exact) mass is 459 g/mol. The Hall–Kier alpha value is -4.53. The van der Waals surface area contributed by atoms with E-state index in [-0.39, 0.29) is 11.3 Å². The molecule has 0 heterocycles. The molecule has 174 valence electrons. The van der Waals surface area contributed by atoms with Gasteiger partial charge in [0, 0.05) is 47.7 Å². The lowest BCUT2D eigenvalue weighted by atomic mass is 10.1. The van der Waals surface area contributed by atoms with Crippen molar-refractivity contribution in [3.05, 3.63) is 99.6 Å². The van der Waals surface area contributed by atoms with Gasteiger partial charge in [0.2, 0.25) is 0 Å². The number of rotatable bonds is 9. The van der Waals surface area contributed by atoms with E-state index >= 15 is 0 Å². The topological polar surface area (TPSA) is 117 Å². The number of hydrazone groups is 1. The second kappa shape index (κ2) is 11.4. The summed E-state index contributed by atoms with van der Waals surface area (Å²) in [6.45, 7) is 6.06. The van der Waals surface area contributed by atoms with Crippen LogP contribution in [0.4, 0.5) is 17.1 Å². The minimum Gasteiger partial charge on any atom is -0.372 e. The van der Waals surface area contributed by atoms with E-state index in [9.17, 15) is 19.7 Å². The number of hydrogen-bond donors (Lipinski definition) is 2. The van der Waals surface area contributed by atoms with Crippen LogP contribution in [0.5, 0.6) is 0 Å². The first-order chi connectivity index (χ1) is 16.4. The molecular formula is C25H25N5O4. The number of nitrogens with one attached hydrogen (secondary N) is 2. The molecule has 0 aliphatic heterocycles. The molecule has 0 aliphatic carbocycles. The van der Waals surface area contributed by atoms with Gasteiger partial charge in [0.25, 0.3) is 17.5 Å². The number of non-ortho nitro benzene ring substituents is 1. The highest BCUT2D eigenvalue weighted by molar-refractivity contribution is 6.05. The Bertz CT molecular complexity index is 1190. The lowest BCUT2D eigenvalue weighted by Crippen LogP contribution is -2.21. The number of amides is 2. The molecule has 34 heavy (non-hydrogen) atoms. The average Bonchev–Trinajstić information content (AvgIpc) is 2.86. The maximum absolute atomic E-state index is 12.3. The van der Waals surface area contributed by atoms with Crippen molar-refractivity contribution in [1.82, 2.24) is 5.43 Å². The molecular weight excluding hydrogens is 434 g/mol. The standard InChI is InChI=1S/C25H25N5O4/c1-3-29(4-2)22-14-8-18(9-15-22)17-26-28-25(32)19-10-12-21(13-11-19)27-24(31)20-6-5-7-23(16-20)30(33)34/h5-17H,3-4H2,1-2H3,(H,27,31)(H,28,32)/b26-17-. The zero-order chi connectivity index (χ0) is 24.5. The Morgan fingerprint density at radius 3 is 2.24 bits per heavy atom. The van der Waals surface area contributed by atoms with Crippen LogP contribution >= 0.6 is 0 Å². The summed E-state index contributed by atoms with van der Waals surface area (Å²) in [7, 11) is 0. The van der Waals surface area contributed by atoms with Crippen LogP contribution in [-0.4, -0.2) is 36.0 Å². The molecule has 0 aromatic heterocycles. The summed E-state index contributed by atoms with van der Waals surface area (Å²) in [4.78, 5) is 37.2. The van der Waals surface area contributed by atoms with E-state index < -0.39 is 16.7 Å². The Balaban J connectivity index is 1.56. The molecule has 3 aromatic carbocycles. The number of carbonyl (C=O) groups is 2. The molecule has 0 atom stereocenters. The number of nitro benzene ring substituents is 1. The molecule has 0 radical (unpaired) electrons. The van der Waals surface area contributed by atoms with E-state index in [0.717, 1.165) is 24.3 Å². The number of anilines is 2. The molecule has 0 unspecified atom stereocenters. The van der Waals surface area contributed by atoms with E-state index in [1.54, 1.807) is 30.5 Å². The summed E-state index contributed by atoms with van der Waals surface area (Å²) >= 11 is 0. The summed E-state index contributed by atoms with van der Waals surface area (Å²) in [5.41, 5.74) is 5.27. The predicted octanol–water partition coefficient (Wildman–Crippen LogP) is 4.46. The minimum atomic E-state index is -0.561. The van der Waals surface area contributed by atoms with E-state index in [2.05, 4.69) is 34.6 Å². The molecule has 9 nitrogen and oxygen atoms in total. The van der Waals surface area contributed by atoms with Gasteiger partial charge >= 0.3 is 0 Å². The van der Waals surface area contributed by atoms with Crippen LogP contribution in [0.2, 0.25) is 0 Å². The van der Waals surface area contributed by atoms with Crippen LogP contribution in [0, 0.1) is 10.1 Å². The predicted molar refractivity (Wildman–Crippen MR) is 133 cm³/mol. The van der Waals surface area contributed by atoms with Gasteiger partial charge in [-0.25, -0.2) is 5.43 Å². The summed E-state index contributed by atoms with van der Waals surface area (Å²) in [5.74, 6) is -0.884. The number of nitro groups is 1. The molecule has 3 aromatic rings. The van der Waals surface area contributed by atoms with Gasteiger partial charge in [-0.3, -0.25) is 19.7 Å². The van der Waals surface area contributed by atoms with Crippen molar-refractivity contribution < 1.29 is 14.5 Å². The lowest BCUT2D eigenvalue weighted by Gasteiger charge is -2.20. The molecule has 0 saturated heterocycles. The average molecular weight is 460 g/mol. The van der Waals surface area contributed by atoms with E-state index in [0.29, 0.717) is 11.3 Å². The second-order valence-electron chi connectivity index (χ2n) is 7.30. The largest absolute Gasteiger partial charge is 0.372 e. The summed E-state index contributed by atoms with van der Waals surface area (Å²) in [6, 6.07) is 19.6. The first-order valence-corrected chi connectivity index (χ1v) is 10.8. The van der Waals surface area contributed by atoms with Crippen molar-refractivity contribution in [2.75, 3.05) is 23.3 Å². The second-order valence-corrected chi connectivity index (χ2v) is 7.30. The van der Waals surface area contributed by atoms with Gasteiger partial charge in [-0.15, -0.1) is 0 Å². The van der Waals surface area contributed by atoms with Crippen LogP contribution in [0.15, 0.2) is 77.9 Å². The van der Waals surface area contributed by atoms with Gasteiger partial charge in [0.05, 0.1) is 11.1 Å². The summed E-state index contributed by atoms with van der Waals surface area (Å²) in [5, 5.41) is 17.5. The van der Waals surface area contributed by atoms with Crippen LogP contribution in [0.3, 0.4) is 0 Å². The minimum absolute atomic E-state index is 0.162. The van der Waals surface area contributed by atoms with E-state index in [1.807, 2.05) is 24.3 Å². The molecule has 2 amide bonds. The fourth-order valence-electron chi connectivity index (χ4n) is 3.26. The van der Waals surface area contributed by atoms with E-state index in [4.69, 9.17) is 0 Å². The summed E-state index contributed by atoms with van der Waals surface area (Å²) < 4.78 is 0. The first kappa shape index (κ1) is 24.1. The molecule has 0 bridgehead atoms. The molecule has 0 spiro atoms. The molecule has 9 heteroatoms. The SMILES string of the molecule is CCN(CC)c1ccc(/C=N\NC(=O)c2ccc(NC(=O)c3cccc([N+](=O)[O-])c3)cc2)cc1. The number of carbonyl (C=O) groups excluding carboxylic acids is 2. The number of benzene rings is 3. The highest BCUT2D eigenvalue weighted by Gasteiger charge is 2.12. The third-order valence-electron chi connectivity index (χ3n) is 5.13. The quantitative estimate of drug-likeness (QED) is 0.278. The van der Waals surface area contributed by atoms with Crippen molar-refractivity contribution in [3.63, 3.8) is 0 Å². The van der Waals surface area contributed by atoms with Gasteiger partial charge < -0.3 is 10.2 Å². The molecule has 2 N–H and O–H groups in total. The number of hydrogen-bond acceptors (Lipinski definition) is 6. The summed E-state index contributed by atoms with van der Waals surface area (Å²) in [6.07, 6.45) is 1.57. The third kappa shape index (κ3) is 6.26. The maximum Gasteiger partial charge on any atom is 0.271 e. The van der Waals surface area contributed by atoms with Crippen LogP contribution in [0.25, 0.3) is 0 Å². The third-order valence-corrected chi connectivity index (χ3v) is 5.13. The van der Waals surface area contributed by atoms with Gasteiger partial charge in [-0.05, 0) is 61.9 Å². The normalized spacial score (nSPS) is 10.6. The smallest absolute Gasteiger partial charge is 0.271 e. The van der Waals surface area contributed by atoms with Gasteiger partial charge in [0.15, 0.2) is 0 Å². The first-order valence-electron chi connectivity index (χ1n) is 10.8. The fraction of sp³-hybridized carbons (Fsp3) is 0.160. The Kier molecular flexibility index (Phi) is 8.07. The zero-order valence-electron chi connectivity index (χ0n) is 18.9. The van der Waals surface area contributed by atoms with Crippen molar-refractivity contribution in [2.45, 2.75) is 13.8 Å². The van der Waals surface area contributed by atoms with Crippen molar-refractivity contribution >= 4 is 35.1 Å². The van der Waals surface area contributed by atoms with Crippen LogP contribution in [-0.2, 0) is 0 Å². The lowest BCUT2D eigenvalue weighted by molar-refractivity contribution is -0.384. The highest BCUT2D eigenvalue weighted by Crippen LogP contribution is 2.16. The van der Waals surface area contributed by atoms with E-state index in [1.165, 1.54) is 24.3 Å².